The normalized spacial score (nSPS) is 18.0. The molecule has 1 heterocycles. The Bertz CT molecular complexity index is 258. The highest BCUT2D eigenvalue weighted by Crippen LogP contribution is 2.15. The van der Waals surface area contributed by atoms with E-state index in [1.807, 2.05) is 13.8 Å². The SMILES string of the molecule is C=C1NC(=S)C(F)=CN1C(C)C. The summed E-state index contributed by atoms with van der Waals surface area (Å²) in [7, 11) is 0. The molecular weight excluding hydrogens is 175 g/mol. The van der Waals surface area contributed by atoms with E-state index in [9.17, 15) is 4.39 Å². The lowest BCUT2D eigenvalue weighted by Crippen LogP contribution is -2.39. The predicted octanol–water partition coefficient (Wildman–Crippen LogP) is 1.91. The number of thiocarbonyl (C=S) groups is 1. The summed E-state index contributed by atoms with van der Waals surface area (Å²) < 4.78 is 12.9. The smallest absolute Gasteiger partial charge is 0.174 e. The molecular formula is C8H11FN2S. The van der Waals surface area contributed by atoms with E-state index in [1.54, 1.807) is 4.90 Å². The molecule has 0 saturated heterocycles. The average molecular weight is 186 g/mol. The minimum absolute atomic E-state index is 0.108. The maximum atomic E-state index is 12.9. The van der Waals surface area contributed by atoms with E-state index in [2.05, 4.69) is 11.9 Å². The topological polar surface area (TPSA) is 15.3 Å². The molecule has 12 heavy (non-hydrogen) atoms. The molecule has 0 radical (unpaired) electrons. The first-order chi connectivity index (χ1) is 5.52. The Balaban J connectivity index is 2.90. The summed E-state index contributed by atoms with van der Waals surface area (Å²) in [5.74, 6) is 0.211. The number of nitrogens with zero attached hydrogens (tertiary/aromatic N) is 1. The second kappa shape index (κ2) is 3.23. The zero-order valence-electron chi connectivity index (χ0n) is 7.10. The first-order valence-corrected chi connectivity index (χ1v) is 4.09. The zero-order chi connectivity index (χ0) is 9.30. The van der Waals surface area contributed by atoms with Crippen LogP contribution in [0.15, 0.2) is 24.4 Å². The summed E-state index contributed by atoms with van der Waals surface area (Å²) in [5, 5.41) is 2.68. The highest BCUT2D eigenvalue weighted by Gasteiger charge is 2.19. The van der Waals surface area contributed by atoms with Gasteiger partial charge in [0.2, 0.25) is 0 Å². The molecule has 0 aromatic rings. The molecule has 0 atom stereocenters. The molecule has 2 nitrogen and oxygen atoms in total. The highest BCUT2D eigenvalue weighted by atomic mass is 32.1. The number of halogens is 1. The molecule has 1 aliphatic heterocycles. The van der Waals surface area contributed by atoms with E-state index in [0.29, 0.717) is 5.82 Å². The summed E-state index contributed by atoms with van der Waals surface area (Å²) in [4.78, 5) is 1.81. The Hall–Kier alpha value is -0.900. The summed E-state index contributed by atoms with van der Waals surface area (Å²) >= 11 is 4.70. The van der Waals surface area contributed by atoms with Crippen molar-refractivity contribution in [1.29, 1.82) is 0 Å². The van der Waals surface area contributed by atoms with Crippen LogP contribution in [-0.4, -0.2) is 15.9 Å². The molecule has 1 N–H and O–H groups in total. The fraction of sp³-hybridized carbons (Fsp3) is 0.375. The van der Waals surface area contributed by atoms with E-state index in [-0.39, 0.29) is 11.0 Å². The molecule has 1 aliphatic rings. The number of nitrogens with one attached hydrogen (secondary N) is 1. The van der Waals surface area contributed by atoms with Gasteiger partial charge in [-0.1, -0.05) is 18.8 Å². The predicted molar refractivity (Wildman–Crippen MR) is 51.0 cm³/mol. The van der Waals surface area contributed by atoms with Crippen molar-refractivity contribution < 1.29 is 4.39 Å². The van der Waals surface area contributed by atoms with Gasteiger partial charge < -0.3 is 10.2 Å². The minimum atomic E-state index is -0.411. The Morgan fingerprint density at radius 1 is 1.67 bits per heavy atom. The van der Waals surface area contributed by atoms with Gasteiger partial charge >= 0.3 is 0 Å². The van der Waals surface area contributed by atoms with E-state index < -0.39 is 5.83 Å². The van der Waals surface area contributed by atoms with Crippen molar-refractivity contribution in [2.75, 3.05) is 0 Å². The molecule has 0 fully saturated rings. The zero-order valence-corrected chi connectivity index (χ0v) is 7.91. The van der Waals surface area contributed by atoms with Gasteiger partial charge in [-0.3, -0.25) is 0 Å². The van der Waals surface area contributed by atoms with Crippen molar-refractivity contribution in [2.45, 2.75) is 19.9 Å². The monoisotopic (exact) mass is 186 g/mol. The van der Waals surface area contributed by atoms with E-state index in [4.69, 9.17) is 12.2 Å². The Kier molecular flexibility index (Phi) is 2.47. The molecule has 0 amide bonds. The maximum Gasteiger partial charge on any atom is 0.174 e. The molecule has 0 bridgehead atoms. The van der Waals surface area contributed by atoms with E-state index >= 15 is 0 Å². The molecule has 1 rings (SSSR count). The quantitative estimate of drug-likeness (QED) is 0.630. The van der Waals surface area contributed by atoms with Crippen LogP contribution in [0.4, 0.5) is 4.39 Å². The summed E-state index contributed by atoms with van der Waals surface area (Å²) in [5.41, 5.74) is 0. The fourth-order valence-electron chi connectivity index (χ4n) is 0.975. The van der Waals surface area contributed by atoms with Crippen molar-refractivity contribution in [1.82, 2.24) is 10.2 Å². The Morgan fingerprint density at radius 2 is 2.25 bits per heavy atom. The number of rotatable bonds is 1. The summed E-state index contributed by atoms with van der Waals surface area (Å²) in [6, 6.07) is 0.179. The van der Waals surface area contributed by atoms with Gasteiger partial charge in [-0.25, -0.2) is 4.39 Å². The molecule has 0 saturated carbocycles. The lowest BCUT2D eigenvalue weighted by molar-refractivity contribution is 0.355. The fourth-order valence-corrected chi connectivity index (χ4v) is 1.15. The van der Waals surface area contributed by atoms with Gasteiger partial charge in [-0.15, -0.1) is 0 Å². The Morgan fingerprint density at radius 3 is 2.75 bits per heavy atom. The maximum absolute atomic E-state index is 12.9. The van der Waals surface area contributed by atoms with Gasteiger partial charge in [-0.2, -0.15) is 0 Å². The van der Waals surface area contributed by atoms with Gasteiger partial charge in [0.05, 0.1) is 0 Å². The second-order valence-corrected chi connectivity index (χ2v) is 3.29. The summed E-state index contributed by atoms with van der Waals surface area (Å²) in [6.07, 6.45) is 1.37. The highest BCUT2D eigenvalue weighted by molar-refractivity contribution is 7.80. The lowest BCUT2D eigenvalue weighted by Gasteiger charge is -2.31. The molecule has 0 aromatic heterocycles. The van der Waals surface area contributed by atoms with Crippen LogP contribution in [0.2, 0.25) is 0 Å². The first kappa shape index (κ1) is 9.19. The molecule has 0 unspecified atom stereocenters. The third-order valence-corrected chi connectivity index (χ3v) is 1.89. The third-order valence-electron chi connectivity index (χ3n) is 1.60. The van der Waals surface area contributed by atoms with Crippen LogP contribution in [-0.2, 0) is 0 Å². The van der Waals surface area contributed by atoms with Crippen LogP contribution in [0.25, 0.3) is 0 Å². The van der Waals surface area contributed by atoms with Gasteiger partial charge in [0.25, 0.3) is 0 Å². The standard InChI is InChI=1S/C8H11FN2S/c1-5(2)11-4-7(9)8(12)10-6(11)3/h4-5H,3H2,1-2H3,(H,10,12). The van der Waals surface area contributed by atoms with Crippen molar-refractivity contribution in [2.24, 2.45) is 0 Å². The minimum Gasteiger partial charge on any atom is -0.331 e. The van der Waals surface area contributed by atoms with Gasteiger partial charge in [0, 0.05) is 12.2 Å². The van der Waals surface area contributed by atoms with Crippen LogP contribution >= 0.6 is 12.2 Å². The Labute approximate surface area is 76.7 Å². The van der Waals surface area contributed by atoms with Crippen LogP contribution in [0.1, 0.15) is 13.8 Å². The first-order valence-electron chi connectivity index (χ1n) is 3.68. The van der Waals surface area contributed by atoms with Gasteiger partial charge in [0.1, 0.15) is 10.8 Å². The molecule has 66 valence electrons. The van der Waals surface area contributed by atoms with Gasteiger partial charge in [0.15, 0.2) is 5.83 Å². The van der Waals surface area contributed by atoms with Crippen LogP contribution in [0.3, 0.4) is 0 Å². The van der Waals surface area contributed by atoms with Crippen LogP contribution < -0.4 is 5.32 Å². The lowest BCUT2D eigenvalue weighted by atomic mass is 10.3. The van der Waals surface area contributed by atoms with Gasteiger partial charge in [-0.05, 0) is 13.8 Å². The number of hydrogen-bond acceptors (Lipinski definition) is 2. The average Bonchev–Trinajstić information content (AvgIpc) is 1.96. The molecule has 0 aromatic carbocycles. The summed E-state index contributed by atoms with van der Waals surface area (Å²) in [6.45, 7) is 7.62. The van der Waals surface area contributed by atoms with E-state index in [0.717, 1.165) is 0 Å². The largest absolute Gasteiger partial charge is 0.331 e. The van der Waals surface area contributed by atoms with Crippen LogP contribution in [0, 0.1) is 0 Å². The second-order valence-electron chi connectivity index (χ2n) is 2.88. The van der Waals surface area contributed by atoms with Crippen molar-refractivity contribution in [3.8, 4) is 0 Å². The van der Waals surface area contributed by atoms with Crippen molar-refractivity contribution in [3.05, 3.63) is 24.4 Å². The number of hydrogen-bond donors (Lipinski definition) is 1. The van der Waals surface area contributed by atoms with Crippen molar-refractivity contribution >= 4 is 17.2 Å². The van der Waals surface area contributed by atoms with E-state index in [1.165, 1.54) is 6.20 Å². The van der Waals surface area contributed by atoms with Crippen molar-refractivity contribution in [3.63, 3.8) is 0 Å². The third kappa shape index (κ3) is 1.64. The van der Waals surface area contributed by atoms with Crippen LogP contribution in [0.5, 0.6) is 0 Å². The molecule has 0 spiro atoms. The molecule has 0 aliphatic carbocycles. The molecule has 4 heteroatoms.